The average Bonchev–Trinajstić information content (AvgIpc) is 2.42. The highest BCUT2D eigenvalue weighted by molar-refractivity contribution is 14.0. The molecule has 0 aliphatic carbocycles. The van der Waals surface area contributed by atoms with Crippen LogP contribution in [-0.2, 0) is 0 Å². The van der Waals surface area contributed by atoms with Crippen LogP contribution in [0.2, 0.25) is 0 Å². The van der Waals surface area contributed by atoms with E-state index < -0.39 is 0 Å². The third-order valence-corrected chi connectivity index (χ3v) is 2.65. The van der Waals surface area contributed by atoms with Crippen molar-refractivity contribution in [3.8, 4) is 5.75 Å². The highest BCUT2D eigenvalue weighted by atomic mass is 127. The summed E-state index contributed by atoms with van der Waals surface area (Å²) in [6.45, 7) is 9.78. The van der Waals surface area contributed by atoms with E-state index in [-0.39, 0.29) is 46.7 Å². The fourth-order valence-electron chi connectivity index (χ4n) is 1.76. The first-order valence-electron chi connectivity index (χ1n) is 7.46. The van der Waals surface area contributed by atoms with Crippen molar-refractivity contribution in [2.75, 3.05) is 19.6 Å². The summed E-state index contributed by atoms with van der Waals surface area (Å²) in [6.07, 6.45) is 0. The first-order valence-corrected chi connectivity index (χ1v) is 7.46. The molecule has 1 aromatic carbocycles. The summed E-state index contributed by atoms with van der Waals surface area (Å²) in [7, 11) is 0. The molecule has 7 heteroatoms. The zero-order valence-electron chi connectivity index (χ0n) is 14.1. The Balaban J connectivity index is 0.00000484. The van der Waals surface area contributed by atoms with Crippen LogP contribution in [0.15, 0.2) is 29.3 Å². The third kappa shape index (κ3) is 8.63. The van der Waals surface area contributed by atoms with Crippen molar-refractivity contribution in [3.63, 3.8) is 0 Å². The number of phenolic OH excluding ortho intramolecular Hbond substituents is 1. The van der Waals surface area contributed by atoms with Crippen molar-refractivity contribution in [3.05, 3.63) is 29.8 Å². The van der Waals surface area contributed by atoms with E-state index in [2.05, 4.69) is 41.7 Å². The zero-order chi connectivity index (χ0) is 16.6. The molecule has 1 amide bonds. The van der Waals surface area contributed by atoms with Crippen molar-refractivity contribution in [2.45, 2.75) is 33.2 Å². The van der Waals surface area contributed by atoms with Crippen LogP contribution in [0.25, 0.3) is 0 Å². The number of amides is 1. The van der Waals surface area contributed by atoms with Gasteiger partial charge in [0.05, 0.1) is 12.1 Å². The first kappa shape index (κ1) is 21.5. The second-order valence-electron chi connectivity index (χ2n) is 5.91. The quantitative estimate of drug-likeness (QED) is 0.248. The van der Waals surface area contributed by atoms with E-state index in [4.69, 9.17) is 0 Å². The van der Waals surface area contributed by atoms with Crippen LogP contribution in [0.1, 0.15) is 38.1 Å². The number of hydrogen-bond acceptors (Lipinski definition) is 3. The molecule has 0 saturated carbocycles. The second-order valence-corrected chi connectivity index (χ2v) is 5.91. The highest BCUT2D eigenvalue weighted by Crippen LogP contribution is 2.14. The molecule has 0 spiro atoms. The maximum Gasteiger partial charge on any atom is 0.255 e. The van der Waals surface area contributed by atoms with E-state index in [1.165, 1.54) is 6.07 Å². The highest BCUT2D eigenvalue weighted by Gasteiger charge is 2.12. The number of benzene rings is 1. The first-order chi connectivity index (χ1) is 10.3. The van der Waals surface area contributed by atoms with Crippen LogP contribution in [0.5, 0.6) is 5.75 Å². The van der Waals surface area contributed by atoms with Gasteiger partial charge in [0.25, 0.3) is 5.91 Å². The topological polar surface area (TPSA) is 85.8 Å². The van der Waals surface area contributed by atoms with Gasteiger partial charge in [-0.3, -0.25) is 9.79 Å². The van der Waals surface area contributed by atoms with Gasteiger partial charge in [-0.1, -0.05) is 12.1 Å². The van der Waals surface area contributed by atoms with E-state index in [1.54, 1.807) is 18.2 Å². The summed E-state index contributed by atoms with van der Waals surface area (Å²) >= 11 is 0. The number of rotatable bonds is 5. The molecule has 0 saturated heterocycles. The number of aliphatic imine (C=N–C) groups is 1. The Kier molecular flexibility index (Phi) is 9.62. The molecule has 0 aliphatic heterocycles. The number of nitrogens with one attached hydrogen (secondary N) is 3. The van der Waals surface area contributed by atoms with Gasteiger partial charge in [-0.2, -0.15) is 0 Å². The lowest BCUT2D eigenvalue weighted by Gasteiger charge is -2.23. The maximum absolute atomic E-state index is 11.9. The lowest BCUT2D eigenvalue weighted by Crippen LogP contribution is -2.47. The van der Waals surface area contributed by atoms with Gasteiger partial charge < -0.3 is 21.1 Å². The molecule has 130 valence electrons. The van der Waals surface area contributed by atoms with Gasteiger partial charge in [0.2, 0.25) is 0 Å². The summed E-state index contributed by atoms with van der Waals surface area (Å²) in [5.74, 6) is 0.389. The number of phenols is 1. The van der Waals surface area contributed by atoms with E-state index in [9.17, 15) is 9.90 Å². The molecule has 0 fully saturated rings. The Labute approximate surface area is 155 Å². The molecule has 23 heavy (non-hydrogen) atoms. The SMILES string of the molecule is CCNC(=NCCNC(=O)c1ccccc1O)NC(C)(C)C.I. The van der Waals surface area contributed by atoms with E-state index in [0.717, 1.165) is 6.54 Å². The van der Waals surface area contributed by atoms with Gasteiger partial charge in [-0.15, -0.1) is 24.0 Å². The van der Waals surface area contributed by atoms with Gasteiger partial charge in [-0.25, -0.2) is 0 Å². The van der Waals surface area contributed by atoms with Crippen molar-refractivity contribution in [1.29, 1.82) is 0 Å². The van der Waals surface area contributed by atoms with Crippen LogP contribution >= 0.6 is 24.0 Å². The number of carbonyl (C=O) groups excluding carboxylic acids is 1. The molecule has 0 atom stereocenters. The molecular formula is C16H27IN4O2. The molecule has 6 nitrogen and oxygen atoms in total. The molecule has 0 aliphatic rings. The van der Waals surface area contributed by atoms with Gasteiger partial charge in [0, 0.05) is 18.6 Å². The predicted octanol–water partition coefficient (Wildman–Crippen LogP) is 2.09. The van der Waals surface area contributed by atoms with Gasteiger partial charge in [0.15, 0.2) is 5.96 Å². The van der Waals surface area contributed by atoms with Crippen LogP contribution in [0.3, 0.4) is 0 Å². The number of guanidine groups is 1. The molecular weight excluding hydrogens is 407 g/mol. The van der Waals surface area contributed by atoms with Crippen molar-refractivity contribution in [1.82, 2.24) is 16.0 Å². The molecule has 0 radical (unpaired) electrons. The summed E-state index contributed by atoms with van der Waals surface area (Å²) in [6, 6.07) is 6.46. The number of nitrogens with zero attached hydrogens (tertiary/aromatic N) is 1. The third-order valence-electron chi connectivity index (χ3n) is 2.65. The van der Waals surface area contributed by atoms with Gasteiger partial charge >= 0.3 is 0 Å². The Morgan fingerprint density at radius 3 is 2.43 bits per heavy atom. The van der Waals surface area contributed by atoms with E-state index in [1.807, 2.05) is 6.92 Å². The molecule has 4 N–H and O–H groups in total. The van der Waals surface area contributed by atoms with Crippen LogP contribution in [-0.4, -0.2) is 42.1 Å². The molecule has 0 heterocycles. The minimum Gasteiger partial charge on any atom is -0.507 e. The fourth-order valence-corrected chi connectivity index (χ4v) is 1.76. The monoisotopic (exact) mass is 434 g/mol. The standard InChI is InChI=1S/C16H26N4O2.HI/c1-5-17-15(20-16(2,3)4)19-11-10-18-14(22)12-8-6-7-9-13(12)21;/h6-9,21H,5,10-11H2,1-4H3,(H,18,22)(H2,17,19,20);1H. The molecule has 1 rings (SSSR count). The predicted molar refractivity (Wildman–Crippen MR) is 105 cm³/mol. The second kappa shape index (κ2) is 10.3. The average molecular weight is 434 g/mol. The molecule has 0 bridgehead atoms. The Morgan fingerprint density at radius 2 is 1.87 bits per heavy atom. The van der Waals surface area contributed by atoms with E-state index >= 15 is 0 Å². The molecule has 1 aromatic rings. The number of hydrogen-bond donors (Lipinski definition) is 4. The number of para-hydroxylation sites is 1. The van der Waals surface area contributed by atoms with Crippen LogP contribution in [0, 0.1) is 0 Å². The largest absolute Gasteiger partial charge is 0.507 e. The molecule has 0 aromatic heterocycles. The lowest BCUT2D eigenvalue weighted by molar-refractivity contribution is 0.0952. The minimum atomic E-state index is -0.304. The Bertz CT molecular complexity index is 527. The summed E-state index contributed by atoms with van der Waals surface area (Å²) in [4.78, 5) is 16.3. The number of aromatic hydroxyl groups is 1. The Hall–Kier alpha value is -1.51. The lowest BCUT2D eigenvalue weighted by atomic mass is 10.1. The maximum atomic E-state index is 11.9. The smallest absolute Gasteiger partial charge is 0.255 e. The van der Waals surface area contributed by atoms with Crippen molar-refractivity contribution in [2.24, 2.45) is 4.99 Å². The normalized spacial score (nSPS) is 11.4. The number of halogens is 1. The molecule has 0 unspecified atom stereocenters. The van der Waals surface area contributed by atoms with Gasteiger partial charge in [0.1, 0.15) is 5.75 Å². The van der Waals surface area contributed by atoms with Crippen molar-refractivity contribution < 1.29 is 9.90 Å². The van der Waals surface area contributed by atoms with Crippen LogP contribution < -0.4 is 16.0 Å². The van der Waals surface area contributed by atoms with Gasteiger partial charge in [-0.05, 0) is 39.8 Å². The summed E-state index contributed by atoms with van der Waals surface area (Å²) in [5.41, 5.74) is 0.186. The Morgan fingerprint density at radius 1 is 1.22 bits per heavy atom. The van der Waals surface area contributed by atoms with Crippen molar-refractivity contribution >= 4 is 35.8 Å². The summed E-state index contributed by atoms with van der Waals surface area (Å²) < 4.78 is 0. The zero-order valence-corrected chi connectivity index (χ0v) is 16.5. The summed E-state index contributed by atoms with van der Waals surface area (Å²) in [5, 5.41) is 18.8. The number of carbonyl (C=O) groups is 1. The van der Waals surface area contributed by atoms with Crippen LogP contribution in [0.4, 0.5) is 0 Å². The fraction of sp³-hybridized carbons (Fsp3) is 0.500. The minimum absolute atomic E-state index is 0. The van der Waals surface area contributed by atoms with E-state index in [0.29, 0.717) is 19.0 Å².